The first kappa shape index (κ1) is 16.5. The number of nitrogens with two attached hydrogens (primary N) is 1. The third-order valence-electron chi connectivity index (χ3n) is 5.92. The number of carbonyl (C=O) groups excluding carboxylic acids is 2. The molecule has 2 fully saturated rings. The van der Waals surface area contributed by atoms with E-state index in [9.17, 15) is 9.59 Å². The van der Waals surface area contributed by atoms with E-state index < -0.39 is 6.04 Å². The van der Waals surface area contributed by atoms with Crippen molar-refractivity contribution in [1.82, 2.24) is 10.2 Å². The zero-order valence-corrected chi connectivity index (χ0v) is 14.1. The molecule has 128 valence electrons. The van der Waals surface area contributed by atoms with E-state index >= 15 is 0 Å². The second-order valence-electron chi connectivity index (χ2n) is 7.65. The average Bonchev–Trinajstić information content (AvgIpc) is 3.14. The Morgan fingerprint density at radius 2 is 1.96 bits per heavy atom. The van der Waals surface area contributed by atoms with E-state index in [0.717, 1.165) is 38.5 Å². The quantitative estimate of drug-likeness (QED) is 0.666. The van der Waals surface area contributed by atoms with E-state index in [2.05, 4.69) is 24.4 Å². The van der Waals surface area contributed by atoms with Crippen molar-refractivity contribution in [3.05, 3.63) is 12.2 Å². The highest BCUT2D eigenvalue weighted by Gasteiger charge is 2.43. The molecule has 5 nitrogen and oxygen atoms in total. The Balaban J connectivity index is 1.82. The Labute approximate surface area is 138 Å². The van der Waals surface area contributed by atoms with Crippen LogP contribution in [0.1, 0.15) is 51.9 Å². The zero-order valence-electron chi connectivity index (χ0n) is 14.1. The van der Waals surface area contributed by atoms with E-state index in [1.54, 1.807) is 0 Å². The van der Waals surface area contributed by atoms with Gasteiger partial charge in [0, 0.05) is 13.1 Å². The van der Waals surface area contributed by atoms with Crippen molar-refractivity contribution >= 4 is 11.8 Å². The molecule has 0 aromatic carbocycles. The summed E-state index contributed by atoms with van der Waals surface area (Å²) in [5, 5.41) is 3.26. The Morgan fingerprint density at radius 1 is 1.22 bits per heavy atom. The topological polar surface area (TPSA) is 75.4 Å². The predicted octanol–water partition coefficient (Wildman–Crippen LogP) is 1.58. The van der Waals surface area contributed by atoms with Gasteiger partial charge in [0.05, 0.1) is 17.5 Å². The molecule has 0 aromatic rings. The molecule has 2 heterocycles. The number of carbonyl (C=O) groups is 2. The molecule has 3 rings (SSSR count). The normalized spacial score (nSPS) is 34.9. The fourth-order valence-electron chi connectivity index (χ4n) is 4.29. The number of fused-ring (bicyclic) bond motifs is 2. The van der Waals surface area contributed by atoms with E-state index in [4.69, 9.17) is 5.73 Å². The lowest BCUT2D eigenvalue weighted by Crippen LogP contribution is -2.48. The second kappa shape index (κ2) is 6.63. The number of hydrogen-bond acceptors (Lipinski definition) is 3. The lowest BCUT2D eigenvalue weighted by atomic mass is 9.81. The number of amides is 2. The van der Waals surface area contributed by atoms with Gasteiger partial charge in [0.1, 0.15) is 0 Å². The first-order valence-electron chi connectivity index (χ1n) is 9.02. The molecule has 2 aliphatic heterocycles. The van der Waals surface area contributed by atoms with Crippen molar-refractivity contribution in [2.75, 3.05) is 13.1 Å². The van der Waals surface area contributed by atoms with Crippen LogP contribution in [0.2, 0.25) is 0 Å². The van der Waals surface area contributed by atoms with Gasteiger partial charge < -0.3 is 16.0 Å². The number of nitrogens with one attached hydrogen (secondary N) is 1. The minimum Gasteiger partial charge on any atom is -0.351 e. The van der Waals surface area contributed by atoms with Crippen molar-refractivity contribution in [3.8, 4) is 0 Å². The van der Waals surface area contributed by atoms with Gasteiger partial charge in [-0.2, -0.15) is 0 Å². The fourth-order valence-corrected chi connectivity index (χ4v) is 4.29. The molecule has 1 saturated heterocycles. The number of nitrogens with zero attached hydrogens (tertiary/aromatic N) is 1. The maximum Gasteiger partial charge on any atom is 0.239 e. The molecule has 3 atom stereocenters. The largest absolute Gasteiger partial charge is 0.351 e. The van der Waals surface area contributed by atoms with Gasteiger partial charge in [0.15, 0.2) is 0 Å². The fraction of sp³-hybridized carbons (Fsp3) is 0.778. The molecule has 2 bridgehead atoms. The summed E-state index contributed by atoms with van der Waals surface area (Å²) in [6.45, 7) is 3.40. The van der Waals surface area contributed by atoms with Crippen LogP contribution >= 0.6 is 0 Å². The minimum absolute atomic E-state index is 0.0248. The molecule has 23 heavy (non-hydrogen) atoms. The van der Waals surface area contributed by atoms with Gasteiger partial charge in [-0.15, -0.1) is 0 Å². The average molecular weight is 319 g/mol. The van der Waals surface area contributed by atoms with Crippen LogP contribution in [0, 0.1) is 11.3 Å². The van der Waals surface area contributed by atoms with Crippen molar-refractivity contribution in [2.45, 2.75) is 64.0 Å². The van der Waals surface area contributed by atoms with Gasteiger partial charge in [-0.1, -0.05) is 31.9 Å². The Hall–Kier alpha value is -1.36. The molecule has 1 spiro atoms. The van der Waals surface area contributed by atoms with E-state index in [1.807, 2.05) is 4.90 Å². The monoisotopic (exact) mass is 319 g/mol. The Morgan fingerprint density at radius 3 is 2.70 bits per heavy atom. The summed E-state index contributed by atoms with van der Waals surface area (Å²) < 4.78 is 0. The Kier molecular flexibility index (Phi) is 4.76. The summed E-state index contributed by atoms with van der Waals surface area (Å²) in [6.07, 6.45) is 10.7. The molecular weight excluding hydrogens is 290 g/mol. The lowest BCUT2D eigenvalue weighted by Gasteiger charge is -2.29. The van der Waals surface area contributed by atoms with Gasteiger partial charge in [0.2, 0.25) is 11.8 Å². The zero-order chi connectivity index (χ0) is 16.4. The molecule has 2 amide bonds. The highest BCUT2D eigenvalue weighted by molar-refractivity contribution is 5.84. The third kappa shape index (κ3) is 3.30. The molecular formula is C18H29N3O2. The lowest BCUT2D eigenvalue weighted by molar-refractivity contribution is -0.133. The molecule has 0 radical (unpaired) electrons. The van der Waals surface area contributed by atoms with Crippen LogP contribution in [0.15, 0.2) is 12.2 Å². The van der Waals surface area contributed by atoms with Crippen LogP contribution in [0.5, 0.6) is 0 Å². The SMILES string of the molecule is C[C@@H]1CN2C[C@H]1NC(=O)C1(CC=CCCC(N)C2=O)CCCC1. The summed E-state index contributed by atoms with van der Waals surface area (Å²) in [5.74, 6) is 0.498. The summed E-state index contributed by atoms with van der Waals surface area (Å²) in [7, 11) is 0. The third-order valence-corrected chi connectivity index (χ3v) is 5.92. The summed E-state index contributed by atoms with van der Waals surface area (Å²) >= 11 is 0. The van der Waals surface area contributed by atoms with Crippen molar-refractivity contribution in [1.29, 1.82) is 0 Å². The number of rotatable bonds is 0. The molecule has 5 heteroatoms. The van der Waals surface area contributed by atoms with E-state index in [1.165, 1.54) is 0 Å². The van der Waals surface area contributed by atoms with Crippen molar-refractivity contribution in [2.24, 2.45) is 17.1 Å². The summed E-state index contributed by atoms with van der Waals surface area (Å²) in [4.78, 5) is 27.2. The standard InChI is InChI=1S/C18H29N3O2/c1-13-11-21-12-15(13)20-17(23)18(9-5-6-10-18)8-4-2-3-7-14(19)16(21)22/h2,4,13-15H,3,5-12,19H2,1H3,(H,20,23)/t13-,14?,15-/m1/s1. The van der Waals surface area contributed by atoms with Crippen molar-refractivity contribution < 1.29 is 9.59 Å². The van der Waals surface area contributed by atoms with Crippen molar-refractivity contribution in [3.63, 3.8) is 0 Å². The number of allylic oxidation sites excluding steroid dienone is 2. The van der Waals surface area contributed by atoms with Crippen LogP contribution in [-0.4, -0.2) is 41.9 Å². The van der Waals surface area contributed by atoms with Crippen LogP contribution in [-0.2, 0) is 9.59 Å². The molecule has 3 N–H and O–H groups in total. The highest BCUT2D eigenvalue weighted by Crippen LogP contribution is 2.42. The Bertz CT molecular complexity index is 496. The molecule has 0 aromatic heterocycles. The van der Waals surface area contributed by atoms with Gasteiger partial charge in [-0.05, 0) is 38.0 Å². The van der Waals surface area contributed by atoms with E-state index in [-0.39, 0.29) is 29.2 Å². The van der Waals surface area contributed by atoms with Crippen LogP contribution in [0.25, 0.3) is 0 Å². The molecule has 3 aliphatic rings. The smallest absolute Gasteiger partial charge is 0.239 e. The summed E-state index contributed by atoms with van der Waals surface area (Å²) in [5.41, 5.74) is 5.83. The van der Waals surface area contributed by atoms with Crippen LogP contribution < -0.4 is 11.1 Å². The summed E-state index contributed by atoms with van der Waals surface area (Å²) in [6, 6.07) is -0.372. The van der Waals surface area contributed by atoms with Crippen LogP contribution in [0.3, 0.4) is 0 Å². The van der Waals surface area contributed by atoms with Gasteiger partial charge in [-0.25, -0.2) is 0 Å². The molecule has 1 unspecified atom stereocenters. The second-order valence-corrected chi connectivity index (χ2v) is 7.65. The minimum atomic E-state index is -0.428. The first-order valence-corrected chi connectivity index (χ1v) is 9.02. The first-order chi connectivity index (χ1) is 11.0. The number of hydrogen-bond donors (Lipinski definition) is 2. The highest BCUT2D eigenvalue weighted by atomic mass is 16.2. The molecule has 1 saturated carbocycles. The maximum absolute atomic E-state index is 12.9. The van der Waals surface area contributed by atoms with E-state index in [0.29, 0.717) is 19.5 Å². The van der Waals surface area contributed by atoms with Gasteiger partial charge in [-0.3, -0.25) is 9.59 Å². The predicted molar refractivity (Wildman–Crippen MR) is 89.5 cm³/mol. The maximum atomic E-state index is 12.9. The molecule has 1 aliphatic carbocycles. The van der Waals surface area contributed by atoms with Gasteiger partial charge in [0.25, 0.3) is 0 Å². The van der Waals surface area contributed by atoms with Crippen LogP contribution in [0.4, 0.5) is 0 Å². The van der Waals surface area contributed by atoms with Gasteiger partial charge >= 0.3 is 0 Å².